The summed E-state index contributed by atoms with van der Waals surface area (Å²) in [5.74, 6) is -0.413. The largest absolute Gasteiger partial charge is 0.354 e. The molecule has 6 heteroatoms. The van der Waals surface area contributed by atoms with Gasteiger partial charge >= 0.3 is 0 Å². The van der Waals surface area contributed by atoms with Crippen LogP contribution in [-0.2, 0) is 9.59 Å². The molecule has 1 aromatic carbocycles. The zero-order valence-corrected chi connectivity index (χ0v) is 14.4. The number of nitrogens with one attached hydrogen (secondary N) is 2. The third-order valence-corrected chi connectivity index (χ3v) is 5.04. The number of hydrogen-bond acceptors (Lipinski definition) is 3. The summed E-state index contributed by atoms with van der Waals surface area (Å²) >= 11 is 0. The predicted octanol–water partition coefficient (Wildman–Crippen LogP) is 1.32. The number of carbonyl (C=O) groups is 3. The summed E-state index contributed by atoms with van der Waals surface area (Å²) in [5.41, 5.74) is 0.599. The maximum atomic E-state index is 12.3. The van der Waals surface area contributed by atoms with E-state index in [4.69, 9.17) is 0 Å². The molecular formula is C19H25N3O3. The van der Waals surface area contributed by atoms with Gasteiger partial charge in [0.2, 0.25) is 11.8 Å². The van der Waals surface area contributed by atoms with Crippen molar-refractivity contribution in [1.29, 1.82) is 0 Å². The summed E-state index contributed by atoms with van der Waals surface area (Å²) in [6.45, 7) is 1.27. The van der Waals surface area contributed by atoms with Crippen LogP contribution in [0.4, 0.5) is 0 Å². The zero-order chi connectivity index (χ0) is 17.6. The topological polar surface area (TPSA) is 78.5 Å². The van der Waals surface area contributed by atoms with Crippen LogP contribution in [0.1, 0.15) is 42.5 Å². The fourth-order valence-corrected chi connectivity index (χ4v) is 3.67. The third-order valence-electron chi connectivity index (χ3n) is 5.04. The van der Waals surface area contributed by atoms with E-state index in [0.717, 1.165) is 12.8 Å². The molecule has 1 heterocycles. The Balaban J connectivity index is 1.38. The molecule has 1 aliphatic heterocycles. The zero-order valence-electron chi connectivity index (χ0n) is 14.4. The van der Waals surface area contributed by atoms with Gasteiger partial charge in [-0.1, -0.05) is 31.0 Å². The monoisotopic (exact) mass is 343 g/mol. The molecule has 1 aliphatic carbocycles. The first-order valence-corrected chi connectivity index (χ1v) is 9.05. The molecule has 2 N–H and O–H groups in total. The Morgan fingerprint density at radius 2 is 1.72 bits per heavy atom. The van der Waals surface area contributed by atoms with Gasteiger partial charge in [0.15, 0.2) is 0 Å². The number of benzene rings is 1. The summed E-state index contributed by atoms with van der Waals surface area (Å²) in [6, 6.07) is 9.30. The van der Waals surface area contributed by atoms with Gasteiger partial charge in [-0.05, 0) is 25.0 Å². The second-order valence-electron chi connectivity index (χ2n) is 6.80. The highest BCUT2D eigenvalue weighted by molar-refractivity contribution is 5.94. The first-order valence-electron chi connectivity index (χ1n) is 9.05. The minimum Gasteiger partial charge on any atom is -0.354 e. The van der Waals surface area contributed by atoms with Gasteiger partial charge < -0.3 is 15.5 Å². The van der Waals surface area contributed by atoms with Gasteiger partial charge in [-0.15, -0.1) is 0 Å². The molecule has 2 fully saturated rings. The van der Waals surface area contributed by atoms with E-state index in [2.05, 4.69) is 10.6 Å². The molecule has 3 rings (SSSR count). The van der Waals surface area contributed by atoms with Crippen LogP contribution in [-0.4, -0.2) is 48.3 Å². The fraction of sp³-hybridized carbons (Fsp3) is 0.526. The first kappa shape index (κ1) is 17.5. The van der Waals surface area contributed by atoms with Gasteiger partial charge in [0.25, 0.3) is 5.91 Å². The lowest BCUT2D eigenvalue weighted by atomic mass is 10.1. The Bertz CT molecular complexity index is 626. The Morgan fingerprint density at radius 1 is 1.04 bits per heavy atom. The molecule has 0 bridgehead atoms. The average Bonchev–Trinajstić information content (AvgIpc) is 3.28. The van der Waals surface area contributed by atoms with E-state index in [1.165, 1.54) is 12.8 Å². The van der Waals surface area contributed by atoms with E-state index in [1.807, 2.05) is 23.1 Å². The molecule has 0 spiro atoms. The maximum Gasteiger partial charge on any atom is 0.251 e. The summed E-state index contributed by atoms with van der Waals surface area (Å²) < 4.78 is 0. The molecule has 6 nitrogen and oxygen atoms in total. The SMILES string of the molecule is O=C(NCCNC(=O)C1CC(=O)N(C2CCCC2)C1)c1ccccc1. The number of amides is 3. The summed E-state index contributed by atoms with van der Waals surface area (Å²) in [4.78, 5) is 38.2. The van der Waals surface area contributed by atoms with E-state index in [-0.39, 0.29) is 23.6 Å². The Hall–Kier alpha value is -2.37. The number of rotatable bonds is 6. The van der Waals surface area contributed by atoms with E-state index >= 15 is 0 Å². The van der Waals surface area contributed by atoms with E-state index in [1.54, 1.807) is 12.1 Å². The number of nitrogens with zero attached hydrogens (tertiary/aromatic N) is 1. The van der Waals surface area contributed by atoms with Crippen molar-refractivity contribution in [3.05, 3.63) is 35.9 Å². The Labute approximate surface area is 148 Å². The number of hydrogen-bond donors (Lipinski definition) is 2. The van der Waals surface area contributed by atoms with Crippen LogP contribution in [0.3, 0.4) is 0 Å². The molecule has 2 aliphatic rings. The van der Waals surface area contributed by atoms with Gasteiger partial charge in [0, 0.05) is 37.7 Å². The van der Waals surface area contributed by atoms with E-state index < -0.39 is 0 Å². The second kappa shape index (κ2) is 8.14. The van der Waals surface area contributed by atoms with Gasteiger partial charge in [0.05, 0.1) is 5.92 Å². The lowest BCUT2D eigenvalue weighted by Crippen LogP contribution is -2.39. The quantitative estimate of drug-likeness (QED) is 0.765. The standard InChI is InChI=1S/C19H25N3O3/c23-17-12-15(13-22(17)16-8-4-5-9-16)19(25)21-11-10-20-18(24)14-6-2-1-3-7-14/h1-3,6-7,15-16H,4-5,8-13H2,(H,20,24)(H,21,25). The van der Waals surface area contributed by atoms with Crippen molar-refractivity contribution in [2.45, 2.75) is 38.1 Å². The normalized spacial score (nSPS) is 20.7. The predicted molar refractivity (Wildman–Crippen MR) is 93.9 cm³/mol. The highest BCUT2D eigenvalue weighted by Gasteiger charge is 2.38. The second-order valence-corrected chi connectivity index (χ2v) is 6.80. The highest BCUT2D eigenvalue weighted by Crippen LogP contribution is 2.29. The van der Waals surface area contributed by atoms with Gasteiger partial charge in [-0.3, -0.25) is 14.4 Å². The summed E-state index contributed by atoms with van der Waals surface area (Å²) in [5, 5.41) is 5.61. The molecule has 1 unspecified atom stereocenters. The smallest absolute Gasteiger partial charge is 0.251 e. The van der Waals surface area contributed by atoms with Gasteiger partial charge in [-0.25, -0.2) is 0 Å². The van der Waals surface area contributed by atoms with Crippen LogP contribution in [0.5, 0.6) is 0 Å². The molecule has 25 heavy (non-hydrogen) atoms. The van der Waals surface area contributed by atoms with Crippen LogP contribution in [0.2, 0.25) is 0 Å². The molecule has 3 amide bonds. The highest BCUT2D eigenvalue weighted by atomic mass is 16.2. The summed E-state index contributed by atoms with van der Waals surface area (Å²) in [6.07, 6.45) is 4.77. The van der Waals surface area contributed by atoms with E-state index in [9.17, 15) is 14.4 Å². The molecule has 1 aromatic rings. The maximum absolute atomic E-state index is 12.3. The average molecular weight is 343 g/mol. The van der Waals surface area contributed by atoms with E-state index in [0.29, 0.717) is 37.7 Å². The van der Waals surface area contributed by atoms with Crippen molar-refractivity contribution in [3.63, 3.8) is 0 Å². The molecule has 1 atom stereocenters. The lowest BCUT2D eigenvalue weighted by Gasteiger charge is -2.23. The van der Waals surface area contributed by atoms with Crippen molar-refractivity contribution in [1.82, 2.24) is 15.5 Å². The molecule has 0 aromatic heterocycles. The Morgan fingerprint density at radius 3 is 2.44 bits per heavy atom. The van der Waals surface area contributed by atoms with Crippen molar-refractivity contribution in [3.8, 4) is 0 Å². The summed E-state index contributed by atoms with van der Waals surface area (Å²) in [7, 11) is 0. The fourth-order valence-electron chi connectivity index (χ4n) is 3.67. The minimum atomic E-state index is -0.266. The lowest BCUT2D eigenvalue weighted by molar-refractivity contribution is -0.130. The molecule has 1 saturated carbocycles. The van der Waals surface area contributed by atoms with Crippen molar-refractivity contribution in [2.24, 2.45) is 5.92 Å². The van der Waals surface area contributed by atoms with Crippen LogP contribution in [0.15, 0.2) is 30.3 Å². The first-order chi connectivity index (χ1) is 12.1. The van der Waals surface area contributed by atoms with Crippen LogP contribution < -0.4 is 10.6 Å². The third kappa shape index (κ3) is 4.38. The molecule has 1 saturated heterocycles. The molecule has 134 valence electrons. The minimum absolute atomic E-state index is 0.0946. The van der Waals surface area contributed by atoms with Crippen molar-refractivity contribution in [2.75, 3.05) is 19.6 Å². The van der Waals surface area contributed by atoms with Crippen LogP contribution in [0.25, 0.3) is 0 Å². The molecule has 0 radical (unpaired) electrons. The van der Waals surface area contributed by atoms with Crippen molar-refractivity contribution >= 4 is 17.7 Å². The number of carbonyl (C=O) groups excluding carboxylic acids is 3. The Kier molecular flexibility index (Phi) is 5.68. The van der Waals surface area contributed by atoms with Crippen LogP contribution >= 0.6 is 0 Å². The molecular weight excluding hydrogens is 318 g/mol. The van der Waals surface area contributed by atoms with Crippen LogP contribution in [0, 0.1) is 5.92 Å². The van der Waals surface area contributed by atoms with Crippen molar-refractivity contribution < 1.29 is 14.4 Å². The van der Waals surface area contributed by atoms with Gasteiger partial charge in [0.1, 0.15) is 0 Å². The van der Waals surface area contributed by atoms with Gasteiger partial charge in [-0.2, -0.15) is 0 Å². The number of likely N-dealkylation sites (tertiary alicyclic amines) is 1.